The molecule has 0 aromatic carbocycles. The standard InChI is InChI=1S/C16H28O6/c1-7-11(12(17)21-5)9-16(4,14(20)22-6)10-15(3,8-2)13(18)19/h11H,7-10H2,1-6H3,(H,18,19). The minimum absolute atomic E-state index is 0.103. The van der Waals surface area contributed by atoms with Crippen molar-refractivity contribution in [2.45, 2.75) is 53.4 Å². The summed E-state index contributed by atoms with van der Waals surface area (Å²) in [5, 5.41) is 9.45. The van der Waals surface area contributed by atoms with Gasteiger partial charge in [0.25, 0.3) is 0 Å². The number of esters is 2. The van der Waals surface area contributed by atoms with Gasteiger partial charge in [0.1, 0.15) is 0 Å². The van der Waals surface area contributed by atoms with Gasteiger partial charge in [0.2, 0.25) is 0 Å². The highest BCUT2D eigenvalue weighted by atomic mass is 16.5. The van der Waals surface area contributed by atoms with E-state index < -0.39 is 34.7 Å². The summed E-state index contributed by atoms with van der Waals surface area (Å²) in [6.45, 7) is 6.86. The minimum atomic E-state index is -1.06. The van der Waals surface area contributed by atoms with Crippen LogP contribution in [0.2, 0.25) is 0 Å². The van der Waals surface area contributed by atoms with Crippen LogP contribution in [0.4, 0.5) is 0 Å². The van der Waals surface area contributed by atoms with E-state index in [1.54, 1.807) is 20.8 Å². The molecule has 0 saturated carbocycles. The summed E-state index contributed by atoms with van der Waals surface area (Å²) in [6.07, 6.45) is 1.19. The van der Waals surface area contributed by atoms with Gasteiger partial charge in [-0.3, -0.25) is 14.4 Å². The van der Waals surface area contributed by atoms with Crippen molar-refractivity contribution >= 4 is 17.9 Å². The number of rotatable bonds is 9. The average molecular weight is 316 g/mol. The molecule has 0 spiro atoms. The summed E-state index contributed by atoms with van der Waals surface area (Å²) in [7, 11) is 2.57. The van der Waals surface area contributed by atoms with Gasteiger partial charge in [0.15, 0.2) is 0 Å². The van der Waals surface area contributed by atoms with Crippen molar-refractivity contribution in [3.63, 3.8) is 0 Å². The molecule has 128 valence electrons. The van der Waals surface area contributed by atoms with Crippen molar-refractivity contribution in [2.75, 3.05) is 14.2 Å². The predicted molar refractivity (Wildman–Crippen MR) is 81.2 cm³/mol. The fraction of sp³-hybridized carbons (Fsp3) is 0.812. The molecule has 0 aliphatic carbocycles. The van der Waals surface area contributed by atoms with Crippen molar-refractivity contribution in [1.82, 2.24) is 0 Å². The third-order valence-electron chi connectivity index (χ3n) is 4.48. The van der Waals surface area contributed by atoms with E-state index in [2.05, 4.69) is 0 Å². The molecule has 6 nitrogen and oxygen atoms in total. The van der Waals surface area contributed by atoms with E-state index in [9.17, 15) is 19.5 Å². The van der Waals surface area contributed by atoms with Gasteiger partial charge in [-0.05, 0) is 39.5 Å². The lowest BCUT2D eigenvalue weighted by Gasteiger charge is -2.36. The van der Waals surface area contributed by atoms with E-state index in [-0.39, 0.29) is 12.8 Å². The van der Waals surface area contributed by atoms with Gasteiger partial charge in [-0.1, -0.05) is 13.8 Å². The summed E-state index contributed by atoms with van der Waals surface area (Å²) in [6, 6.07) is 0. The fourth-order valence-corrected chi connectivity index (χ4v) is 2.79. The smallest absolute Gasteiger partial charge is 0.311 e. The molecule has 0 fully saturated rings. The molecule has 3 atom stereocenters. The number of hydrogen-bond donors (Lipinski definition) is 1. The number of carbonyl (C=O) groups is 3. The highest BCUT2D eigenvalue weighted by molar-refractivity contribution is 5.81. The third-order valence-corrected chi connectivity index (χ3v) is 4.48. The highest BCUT2D eigenvalue weighted by Crippen LogP contribution is 2.42. The molecule has 0 aromatic rings. The van der Waals surface area contributed by atoms with Gasteiger partial charge in [-0.25, -0.2) is 0 Å². The molecule has 22 heavy (non-hydrogen) atoms. The Morgan fingerprint density at radius 3 is 1.91 bits per heavy atom. The zero-order valence-corrected chi connectivity index (χ0v) is 14.4. The van der Waals surface area contributed by atoms with Gasteiger partial charge in [0.05, 0.1) is 31.0 Å². The van der Waals surface area contributed by atoms with Crippen molar-refractivity contribution in [3.05, 3.63) is 0 Å². The third kappa shape index (κ3) is 4.71. The fourth-order valence-electron chi connectivity index (χ4n) is 2.79. The molecule has 3 unspecified atom stereocenters. The Bertz CT molecular complexity index is 419. The first-order chi connectivity index (χ1) is 10.1. The Balaban J connectivity index is 5.54. The number of aliphatic carboxylic acids is 1. The van der Waals surface area contributed by atoms with Crippen LogP contribution in [0, 0.1) is 16.7 Å². The van der Waals surface area contributed by atoms with E-state index >= 15 is 0 Å². The molecule has 0 aromatic heterocycles. The Morgan fingerprint density at radius 2 is 1.59 bits per heavy atom. The van der Waals surface area contributed by atoms with E-state index in [0.29, 0.717) is 12.8 Å². The first-order valence-electron chi connectivity index (χ1n) is 7.49. The lowest BCUT2D eigenvalue weighted by molar-refractivity contribution is -0.161. The number of carboxylic acids is 1. The number of methoxy groups -OCH3 is 2. The summed E-state index contributed by atoms with van der Waals surface area (Å²) in [5.74, 6) is -2.33. The molecule has 0 radical (unpaired) electrons. The van der Waals surface area contributed by atoms with Gasteiger partial charge >= 0.3 is 17.9 Å². The van der Waals surface area contributed by atoms with Crippen molar-refractivity contribution in [3.8, 4) is 0 Å². The van der Waals surface area contributed by atoms with Crippen LogP contribution in [-0.4, -0.2) is 37.2 Å². The molecular weight excluding hydrogens is 288 g/mol. The predicted octanol–water partition coefficient (Wildman–Crippen LogP) is 2.65. The lowest BCUT2D eigenvalue weighted by atomic mass is 9.67. The van der Waals surface area contributed by atoms with Crippen molar-refractivity contribution in [1.29, 1.82) is 0 Å². The van der Waals surface area contributed by atoms with Crippen LogP contribution < -0.4 is 0 Å². The van der Waals surface area contributed by atoms with Crippen LogP contribution in [-0.2, 0) is 23.9 Å². The van der Waals surface area contributed by atoms with E-state index in [1.807, 2.05) is 6.92 Å². The van der Waals surface area contributed by atoms with E-state index in [4.69, 9.17) is 9.47 Å². The number of carbonyl (C=O) groups excluding carboxylic acids is 2. The van der Waals surface area contributed by atoms with E-state index in [1.165, 1.54) is 14.2 Å². The first-order valence-corrected chi connectivity index (χ1v) is 7.49. The minimum Gasteiger partial charge on any atom is -0.481 e. The number of ether oxygens (including phenoxy) is 2. The molecular formula is C16H28O6. The summed E-state index contributed by atoms with van der Waals surface area (Å²) in [5.41, 5.74) is -2.12. The second kappa shape index (κ2) is 8.15. The van der Waals surface area contributed by atoms with Crippen LogP contribution in [0.1, 0.15) is 53.4 Å². The zero-order valence-electron chi connectivity index (χ0n) is 14.4. The average Bonchev–Trinajstić information content (AvgIpc) is 2.50. The molecule has 0 rings (SSSR count). The van der Waals surface area contributed by atoms with E-state index in [0.717, 1.165) is 0 Å². The summed E-state index contributed by atoms with van der Waals surface area (Å²) < 4.78 is 9.62. The molecule has 0 aliphatic heterocycles. The summed E-state index contributed by atoms with van der Waals surface area (Å²) in [4.78, 5) is 35.6. The number of hydrogen-bond acceptors (Lipinski definition) is 5. The maximum atomic E-state index is 12.2. The van der Waals surface area contributed by atoms with Gasteiger partial charge in [-0.2, -0.15) is 0 Å². The largest absolute Gasteiger partial charge is 0.481 e. The molecule has 1 N–H and O–H groups in total. The zero-order chi connectivity index (χ0) is 17.6. The molecule has 0 heterocycles. The maximum Gasteiger partial charge on any atom is 0.311 e. The second-order valence-corrected chi connectivity index (χ2v) is 6.28. The van der Waals surface area contributed by atoms with Crippen LogP contribution >= 0.6 is 0 Å². The highest BCUT2D eigenvalue weighted by Gasteiger charge is 2.46. The Hall–Kier alpha value is -1.59. The summed E-state index contributed by atoms with van der Waals surface area (Å²) >= 11 is 0. The van der Waals surface area contributed by atoms with Gasteiger partial charge in [-0.15, -0.1) is 0 Å². The van der Waals surface area contributed by atoms with Gasteiger partial charge in [0, 0.05) is 0 Å². The van der Waals surface area contributed by atoms with Crippen LogP contribution in [0.5, 0.6) is 0 Å². The first kappa shape index (κ1) is 20.4. The monoisotopic (exact) mass is 316 g/mol. The SMILES string of the molecule is CCC(CC(C)(CC(C)(CC)C(=O)O)C(=O)OC)C(=O)OC. The van der Waals surface area contributed by atoms with Gasteiger partial charge < -0.3 is 14.6 Å². The van der Waals surface area contributed by atoms with Crippen LogP contribution in [0.25, 0.3) is 0 Å². The van der Waals surface area contributed by atoms with Crippen LogP contribution in [0.3, 0.4) is 0 Å². The molecule has 0 aliphatic rings. The maximum absolute atomic E-state index is 12.2. The number of carboxylic acid groups (broad SMARTS) is 1. The van der Waals surface area contributed by atoms with Crippen molar-refractivity contribution in [2.24, 2.45) is 16.7 Å². The topological polar surface area (TPSA) is 89.9 Å². The van der Waals surface area contributed by atoms with Crippen LogP contribution in [0.15, 0.2) is 0 Å². The molecule has 0 bridgehead atoms. The molecule has 6 heteroatoms. The molecule has 0 saturated heterocycles. The quantitative estimate of drug-likeness (QED) is 0.658. The van der Waals surface area contributed by atoms with Crippen molar-refractivity contribution < 1.29 is 29.0 Å². The molecule has 0 amide bonds. The Morgan fingerprint density at radius 1 is 1.05 bits per heavy atom. The normalized spacial score (nSPS) is 17.7. The Kier molecular flexibility index (Phi) is 7.56. The Labute approximate surface area is 132 Å². The second-order valence-electron chi connectivity index (χ2n) is 6.28. The lowest BCUT2D eigenvalue weighted by Crippen LogP contribution is -2.41.